The van der Waals surface area contributed by atoms with Gasteiger partial charge in [0.25, 0.3) is 0 Å². The number of rotatable bonds is 4. The number of nitrogens with zero attached hydrogens (tertiary/aromatic N) is 5. The molecule has 1 spiro atoms. The quantitative estimate of drug-likeness (QED) is 0.845. The predicted octanol–water partition coefficient (Wildman–Crippen LogP) is 2.19. The Labute approximate surface area is 154 Å². The van der Waals surface area contributed by atoms with Crippen LogP contribution >= 0.6 is 0 Å². The number of aryl methyl sites for hydroxylation is 1. The second-order valence-electron chi connectivity index (χ2n) is 7.51. The van der Waals surface area contributed by atoms with Crippen molar-refractivity contribution in [2.75, 3.05) is 19.6 Å². The van der Waals surface area contributed by atoms with E-state index in [1.165, 1.54) is 5.56 Å². The van der Waals surface area contributed by atoms with Crippen LogP contribution in [0.3, 0.4) is 0 Å². The molecule has 1 atom stereocenters. The van der Waals surface area contributed by atoms with E-state index in [1.54, 1.807) is 0 Å². The summed E-state index contributed by atoms with van der Waals surface area (Å²) in [6.45, 7) is 5.77. The molecule has 6 heteroatoms. The van der Waals surface area contributed by atoms with Crippen LogP contribution in [0.15, 0.2) is 36.9 Å². The van der Waals surface area contributed by atoms with E-state index in [9.17, 15) is 4.79 Å². The Hall–Kier alpha value is -2.21. The molecular formula is C20H27N5O. The highest BCUT2D eigenvalue weighted by Crippen LogP contribution is 2.48. The van der Waals surface area contributed by atoms with Crippen LogP contribution in [-0.2, 0) is 18.4 Å². The van der Waals surface area contributed by atoms with Crippen molar-refractivity contribution in [3.8, 4) is 0 Å². The Morgan fingerprint density at radius 3 is 2.54 bits per heavy atom. The van der Waals surface area contributed by atoms with Gasteiger partial charge in [-0.25, -0.2) is 4.98 Å². The summed E-state index contributed by atoms with van der Waals surface area (Å²) in [7, 11) is 2.04. The number of likely N-dealkylation sites (tertiary alicyclic amines) is 2. The Bertz CT molecular complexity index is 764. The molecule has 2 fully saturated rings. The van der Waals surface area contributed by atoms with Gasteiger partial charge in [0.2, 0.25) is 5.91 Å². The molecule has 0 radical (unpaired) electrons. The van der Waals surface area contributed by atoms with Crippen molar-refractivity contribution in [1.82, 2.24) is 24.3 Å². The first-order valence-electron chi connectivity index (χ1n) is 9.53. The number of hydrogen-bond donors (Lipinski definition) is 0. The lowest BCUT2D eigenvalue weighted by Crippen LogP contribution is -2.55. The minimum atomic E-state index is -0.0503. The average molecular weight is 353 g/mol. The fourth-order valence-electron chi connectivity index (χ4n) is 4.89. The number of likely N-dealkylation sites (N-methyl/N-ethyl adjacent to an activating group) is 1. The van der Waals surface area contributed by atoms with Gasteiger partial charge in [0.05, 0.1) is 12.1 Å². The van der Waals surface area contributed by atoms with E-state index in [0.29, 0.717) is 12.3 Å². The molecule has 2 saturated heterocycles. The van der Waals surface area contributed by atoms with Crippen molar-refractivity contribution in [2.24, 2.45) is 7.05 Å². The van der Waals surface area contributed by atoms with Gasteiger partial charge in [0, 0.05) is 63.8 Å². The van der Waals surface area contributed by atoms with Gasteiger partial charge >= 0.3 is 0 Å². The molecule has 0 aliphatic carbocycles. The monoisotopic (exact) mass is 353 g/mol. The normalized spacial score (nSPS) is 23.1. The van der Waals surface area contributed by atoms with E-state index in [-0.39, 0.29) is 11.5 Å². The molecule has 0 aromatic carbocycles. The molecule has 26 heavy (non-hydrogen) atoms. The average Bonchev–Trinajstić information content (AvgIpc) is 3.18. The number of amides is 1. The molecule has 1 amide bonds. The van der Waals surface area contributed by atoms with Gasteiger partial charge in [-0.3, -0.25) is 14.7 Å². The molecule has 0 N–H and O–H groups in total. The van der Waals surface area contributed by atoms with E-state index >= 15 is 0 Å². The third kappa shape index (κ3) is 2.82. The van der Waals surface area contributed by atoms with Crippen LogP contribution in [-0.4, -0.2) is 55.4 Å². The van der Waals surface area contributed by atoms with E-state index in [1.807, 2.05) is 31.8 Å². The molecule has 6 nitrogen and oxygen atoms in total. The highest BCUT2D eigenvalue weighted by atomic mass is 16.2. The van der Waals surface area contributed by atoms with Crippen LogP contribution in [0.4, 0.5) is 0 Å². The number of aromatic nitrogens is 3. The number of carbonyl (C=O) groups excluding carboxylic acids is 1. The summed E-state index contributed by atoms with van der Waals surface area (Å²) < 4.78 is 2.08. The van der Waals surface area contributed by atoms with Gasteiger partial charge in [-0.05, 0) is 37.5 Å². The van der Waals surface area contributed by atoms with Crippen molar-refractivity contribution < 1.29 is 4.79 Å². The van der Waals surface area contributed by atoms with Crippen molar-refractivity contribution >= 4 is 5.91 Å². The number of piperidine rings is 1. The van der Waals surface area contributed by atoms with Gasteiger partial charge in [0.15, 0.2) is 0 Å². The second-order valence-corrected chi connectivity index (χ2v) is 7.51. The van der Waals surface area contributed by atoms with E-state index < -0.39 is 0 Å². The van der Waals surface area contributed by atoms with Crippen molar-refractivity contribution in [2.45, 2.75) is 44.2 Å². The molecule has 2 aliphatic rings. The number of hydrogen-bond acceptors (Lipinski definition) is 4. The Morgan fingerprint density at radius 1 is 1.19 bits per heavy atom. The fourth-order valence-corrected chi connectivity index (χ4v) is 4.89. The van der Waals surface area contributed by atoms with Gasteiger partial charge in [-0.1, -0.05) is 0 Å². The minimum Gasteiger partial charge on any atom is -0.337 e. The third-order valence-electron chi connectivity index (χ3n) is 6.30. The number of carbonyl (C=O) groups is 1. The van der Waals surface area contributed by atoms with Gasteiger partial charge in [-0.2, -0.15) is 0 Å². The topological polar surface area (TPSA) is 54.3 Å². The number of imidazole rings is 1. The maximum atomic E-state index is 12.7. The molecular weight excluding hydrogens is 326 g/mol. The van der Waals surface area contributed by atoms with Crippen LogP contribution in [0, 0.1) is 0 Å². The molecule has 4 rings (SSSR count). The first-order chi connectivity index (χ1) is 12.6. The lowest BCUT2D eigenvalue weighted by molar-refractivity contribution is -0.132. The van der Waals surface area contributed by atoms with Gasteiger partial charge in [0.1, 0.15) is 5.82 Å². The molecule has 2 aliphatic heterocycles. The van der Waals surface area contributed by atoms with Crippen LogP contribution in [0.1, 0.15) is 43.5 Å². The largest absolute Gasteiger partial charge is 0.337 e. The lowest BCUT2D eigenvalue weighted by atomic mass is 9.74. The van der Waals surface area contributed by atoms with Crippen LogP contribution < -0.4 is 0 Å². The van der Waals surface area contributed by atoms with Crippen molar-refractivity contribution in [3.05, 3.63) is 48.3 Å². The van der Waals surface area contributed by atoms with E-state index in [0.717, 1.165) is 44.8 Å². The van der Waals surface area contributed by atoms with E-state index in [2.05, 4.69) is 43.4 Å². The molecule has 0 saturated carbocycles. The maximum Gasteiger partial charge on any atom is 0.223 e. The Balaban J connectivity index is 1.55. The Kier molecular flexibility index (Phi) is 4.53. The molecule has 0 bridgehead atoms. The van der Waals surface area contributed by atoms with E-state index in [4.69, 9.17) is 0 Å². The van der Waals surface area contributed by atoms with Crippen molar-refractivity contribution in [3.63, 3.8) is 0 Å². The zero-order chi connectivity index (χ0) is 18.1. The first kappa shape index (κ1) is 17.2. The summed E-state index contributed by atoms with van der Waals surface area (Å²) in [5, 5.41) is 0. The number of pyridine rings is 1. The summed E-state index contributed by atoms with van der Waals surface area (Å²) in [4.78, 5) is 26.0. The maximum absolute atomic E-state index is 12.7. The molecule has 1 unspecified atom stereocenters. The highest BCUT2D eigenvalue weighted by Gasteiger charge is 2.53. The molecule has 2 aromatic heterocycles. The zero-order valence-electron chi connectivity index (χ0n) is 15.6. The predicted molar refractivity (Wildman–Crippen MR) is 99.4 cm³/mol. The lowest BCUT2D eigenvalue weighted by Gasteiger charge is -2.47. The van der Waals surface area contributed by atoms with Gasteiger partial charge in [-0.15, -0.1) is 0 Å². The standard InChI is InChI=1S/C20H27N5O/c1-3-25-19(26)14-17(16-4-8-21-9-5-16)20(25)6-11-24(12-7-20)15-18-22-10-13-23(18)2/h4-5,8-10,13,17H,3,6-7,11-12,14-15H2,1-2H3. The zero-order valence-corrected chi connectivity index (χ0v) is 15.6. The van der Waals surface area contributed by atoms with Crippen molar-refractivity contribution in [1.29, 1.82) is 0 Å². The summed E-state index contributed by atoms with van der Waals surface area (Å²) in [5.74, 6) is 1.67. The molecule has 4 heterocycles. The molecule has 138 valence electrons. The van der Waals surface area contributed by atoms with Gasteiger partial charge < -0.3 is 9.47 Å². The summed E-state index contributed by atoms with van der Waals surface area (Å²) >= 11 is 0. The highest BCUT2D eigenvalue weighted by molar-refractivity contribution is 5.81. The third-order valence-corrected chi connectivity index (χ3v) is 6.30. The summed E-state index contributed by atoms with van der Waals surface area (Å²) in [6, 6.07) is 4.16. The Morgan fingerprint density at radius 2 is 1.92 bits per heavy atom. The van der Waals surface area contributed by atoms with Crippen LogP contribution in [0.2, 0.25) is 0 Å². The minimum absolute atomic E-state index is 0.0503. The SMILES string of the molecule is CCN1C(=O)CC(c2ccncc2)C12CCN(Cc1nccn1C)CC2. The molecule has 2 aromatic rings. The van der Waals surface area contributed by atoms with Crippen LogP contribution in [0.5, 0.6) is 0 Å². The first-order valence-corrected chi connectivity index (χ1v) is 9.53. The summed E-state index contributed by atoms with van der Waals surface area (Å²) in [5.41, 5.74) is 1.20. The van der Waals surface area contributed by atoms with Crippen LogP contribution in [0.25, 0.3) is 0 Å². The second kappa shape index (κ2) is 6.83. The fraction of sp³-hybridized carbons (Fsp3) is 0.550. The smallest absolute Gasteiger partial charge is 0.223 e. The summed E-state index contributed by atoms with van der Waals surface area (Å²) in [6.07, 6.45) is 10.2.